The molecule has 3 rings (SSSR count). The van der Waals surface area contributed by atoms with Crippen molar-refractivity contribution in [3.05, 3.63) is 73.1 Å². The van der Waals surface area contributed by atoms with Gasteiger partial charge >= 0.3 is 5.69 Å². The topological polar surface area (TPSA) is 151 Å². The summed E-state index contributed by atoms with van der Waals surface area (Å²) in [6, 6.07) is 8.62. The summed E-state index contributed by atoms with van der Waals surface area (Å²) < 4.78 is 0. The number of carbonyl (C=O) groups excluding carboxylic acids is 1. The molecule has 1 heterocycles. The van der Waals surface area contributed by atoms with Crippen molar-refractivity contribution in [2.45, 2.75) is 0 Å². The van der Waals surface area contributed by atoms with E-state index in [1.165, 1.54) is 6.07 Å². The molecule has 0 saturated heterocycles. The molecule has 0 radical (unpaired) electrons. The van der Waals surface area contributed by atoms with Gasteiger partial charge in [-0.1, -0.05) is 29.8 Å². The van der Waals surface area contributed by atoms with Gasteiger partial charge in [0, 0.05) is 22.0 Å². The number of phenolic OH excluding ortho intramolecular Hbond substituents is 1. The molecule has 0 aliphatic carbocycles. The minimum atomic E-state index is -0.798. The lowest BCUT2D eigenvalue weighted by Gasteiger charge is -2.04. The highest BCUT2D eigenvalue weighted by molar-refractivity contribution is 6.31. The first-order chi connectivity index (χ1) is 12.9. The van der Waals surface area contributed by atoms with E-state index in [9.17, 15) is 24.8 Å². The van der Waals surface area contributed by atoms with E-state index in [4.69, 9.17) is 11.6 Å². The number of aromatic nitrogens is 2. The number of nitrogens with zero attached hydrogens (tertiary/aromatic N) is 3. The number of halogens is 1. The maximum absolute atomic E-state index is 12.3. The van der Waals surface area contributed by atoms with Crippen molar-refractivity contribution in [2.75, 3.05) is 0 Å². The summed E-state index contributed by atoms with van der Waals surface area (Å²) >= 11 is 5.78. The van der Waals surface area contributed by atoms with Gasteiger partial charge in [-0.2, -0.15) is 10.2 Å². The molecule has 2 aromatic carbocycles. The van der Waals surface area contributed by atoms with Gasteiger partial charge < -0.3 is 5.11 Å². The zero-order chi connectivity index (χ0) is 19.6. The first-order valence-electron chi connectivity index (χ1n) is 7.36. The number of nitro benzene ring substituents is 1. The summed E-state index contributed by atoms with van der Waals surface area (Å²) in [6.45, 7) is 0. The van der Waals surface area contributed by atoms with Crippen molar-refractivity contribution in [1.29, 1.82) is 0 Å². The maximum Gasteiger partial charge on any atom is 0.312 e. The average molecular weight is 388 g/mol. The molecule has 0 spiro atoms. The van der Waals surface area contributed by atoms with E-state index in [1.54, 1.807) is 24.3 Å². The molecule has 27 heavy (non-hydrogen) atoms. The summed E-state index contributed by atoms with van der Waals surface area (Å²) in [6.07, 6.45) is 1.000. The molecule has 11 heteroatoms. The highest BCUT2D eigenvalue weighted by Crippen LogP contribution is 2.32. The molecule has 0 atom stereocenters. The molecule has 0 saturated carbocycles. The molecule has 10 nitrogen and oxygen atoms in total. The van der Waals surface area contributed by atoms with E-state index in [0.717, 1.165) is 12.3 Å². The predicted octanol–water partition coefficient (Wildman–Crippen LogP) is 1.95. The zero-order valence-electron chi connectivity index (χ0n) is 13.3. The number of aromatic amines is 1. The Morgan fingerprint density at radius 1 is 1.33 bits per heavy atom. The molecule has 3 N–H and O–H groups in total. The highest BCUT2D eigenvalue weighted by atomic mass is 35.5. The number of nitro groups is 1. The summed E-state index contributed by atoms with van der Waals surface area (Å²) in [5, 5.41) is 31.0. The van der Waals surface area contributed by atoms with Crippen LogP contribution in [0, 0.1) is 10.1 Å². The monoisotopic (exact) mass is 387 g/mol. The Morgan fingerprint density at radius 3 is 2.74 bits per heavy atom. The van der Waals surface area contributed by atoms with Crippen LogP contribution in [-0.4, -0.2) is 32.3 Å². The third-order valence-corrected chi connectivity index (χ3v) is 3.78. The van der Waals surface area contributed by atoms with Gasteiger partial charge in [0.25, 0.3) is 11.5 Å². The third kappa shape index (κ3) is 3.60. The zero-order valence-corrected chi connectivity index (χ0v) is 14.1. The van der Waals surface area contributed by atoms with Crippen molar-refractivity contribution in [3.63, 3.8) is 0 Å². The van der Waals surface area contributed by atoms with Gasteiger partial charge in [-0.3, -0.25) is 19.7 Å². The number of hydrogen-bond acceptors (Lipinski definition) is 7. The molecule has 0 aliphatic rings. The number of nitrogens with one attached hydrogen (secondary N) is 2. The molecular weight excluding hydrogens is 378 g/mol. The minimum Gasteiger partial charge on any atom is -0.502 e. The van der Waals surface area contributed by atoms with Crippen molar-refractivity contribution in [2.24, 2.45) is 5.10 Å². The van der Waals surface area contributed by atoms with E-state index in [-0.39, 0.29) is 21.7 Å². The van der Waals surface area contributed by atoms with Gasteiger partial charge in [-0.05, 0) is 12.1 Å². The van der Waals surface area contributed by atoms with E-state index in [2.05, 4.69) is 20.7 Å². The Hall–Kier alpha value is -3.79. The van der Waals surface area contributed by atoms with Gasteiger partial charge in [-0.15, -0.1) is 0 Å². The molecule has 0 fully saturated rings. The Labute approximate surface area is 155 Å². The number of carbonyl (C=O) groups is 1. The first-order valence-corrected chi connectivity index (χ1v) is 7.74. The summed E-state index contributed by atoms with van der Waals surface area (Å²) in [4.78, 5) is 34.1. The Morgan fingerprint density at radius 2 is 2.04 bits per heavy atom. The van der Waals surface area contributed by atoms with Gasteiger partial charge in [0.15, 0.2) is 5.69 Å². The minimum absolute atomic E-state index is 0.0144. The largest absolute Gasteiger partial charge is 0.502 e. The van der Waals surface area contributed by atoms with Gasteiger partial charge in [0.2, 0.25) is 5.75 Å². The lowest BCUT2D eigenvalue weighted by Crippen LogP contribution is -2.22. The van der Waals surface area contributed by atoms with Crippen LogP contribution in [0.3, 0.4) is 0 Å². The van der Waals surface area contributed by atoms with Crippen molar-refractivity contribution in [1.82, 2.24) is 15.6 Å². The number of hydrazone groups is 1. The molecule has 136 valence electrons. The van der Waals surface area contributed by atoms with Crippen LogP contribution < -0.4 is 11.0 Å². The number of aromatic hydroxyl groups is 1. The van der Waals surface area contributed by atoms with Crippen LogP contribution in [-0.2, 0) is 0 Å². The molecular formula is C16H10ClN5O5. The van der Waals surface area contributed by atoms with Crippen LogP contribution in [0.25, 0.3) is 10.8 Å². The number of amides is 1. The fourth-order valence-corrected chi connectivity index (χ4v) is 2.57. The summed E-state index contributed by atoms with van der Waals surface area (Å²) in [5.74, 6) is -1.37. The lowest BCUT2D eigenvalue weighted by molar-refractivity contribution is -0.385. The van der Waals surface area contributed by atoms with E-state index in [1.807, 2.05) is 0 Å². The van der Waals surface area contributed by atoms with Crippen molar-refractivity contribution in [3.8, 4) is 5.75 Å². The quantitative estimate of drug-likeness (QED) is 0.353. The number of hydrogen-bond donors (Lipinski definition) is 3. The van der Waals surface area contributed by atoms with Crippen LogP contribution in [0.5, 0.6) is 5.75 Å². The van der Waals surface area contributed by atoms with Crippen LogP contribution in [0.4, 0.5) is 5.69 Å². The molecule has 1 amide bonds. The number of benzene rings is 2. The second kappa shape index (κ2) is 7.22. The van der Waals surface area contributed by atoms with Gasteiger partial charge in [-0.25, -0.2) is 10.5 Å². The van der Waals surface area contributed by atoms with Gasteiger partial charge in [0.1, 0.15) is 0 Å². The van der Waals surface area contributed by atoms with Crippen LogP contribution in [0.2, 0.25) is 5.02 Å². The molecule has 3 aromatic rings. The molecule has 0 bridgehead atoms. The Balaban J connectivity index is 1.88. The smallest absolute Gasteiger partial charge is 0.312 e. The fraction of sp³-hybridized carbons (Fsp3) is 0. The van der Waals surface area contributed by atoms with Gasteiger partial charge in [0.05, 0.1) is 16.5 Å². The van der Waals surface area contributed by atoms with Crippen molar-refractivity contribution >= 4 is 40.2 Å². The van der Waals surface area contributed by atoms with E-state index < -0.39 is 27.8 Å². The maximum atomic E-state index is 12.3. The summed E-state index contributed by atoms with van der Waals surface area (Å²) in [7, 11) is 0. The predicted molar refractivity (Wildman–Crippen MR) is 97.2 cm³/mol. The molecule has 1 aromatic heterocycles. The Bertz CT molecular complexity index is 1160. The van der Waals surface area contributed by atoms with E-state index >= 15 is 0 Å². The number of fused-ring (bicyclic) bond motifs is 1. The number of phenols is 1. The van der Waals surface area contributed by atoms with Crippen molar-refractivity contribution < 1.29 is 14.8 Å². The van der Waals surface area contributed by atoms with Crippen LogP contribution in [0.15, 0.2) is 46.3 Å². The second-order valence-electron chi connectivity index (χ2n) is 5.27. The second-order valence-corrected chi connectivity index (χ2v) is 5.70. The van der Waals surface area contributed by atoms with Crippen LogP contribution in [0.1, 0.15) is 16.1 Å². The number of H-pyrrole nitrogens is 1. The fourth-order valence-electron chi connectivity index (χ4n) is 2.34. The molecule has 0 aliphatic heterocycles. The summed E-state index contributed by atoms with van der Waals surface area (Å²) in [5.41, 5.74) is 1.01. The number of rotatable bonds is 4. The lowest BCUT2D eigenvalue weighted by atomic mass is 10.1. The SMILES string of the molecule is O=C(N/N=C/c1cc(Cl)cc([N+](=O)[O-])c1O)c1n[nH]c(=O)c2ccccc12. The first kappa shape index (κ1) is 18.0. The standard InChI is InChI=1S/C16H10ClN5O5/c17-9-5-8(14(23)12(6-9)22(26)27)7-18-20-16(25)13-10-3-1-2-4-11(10)15(24)21-19-13/h1-7,23H,(H,20,25)(H,21,24)/b18-7+. The normalized spacial score (nSPS) is 11.0. The average Bonchev–Trinajstić information content (AvgIpc) is 2.64. The van der Waals surface area contributed by atoms with E-state index in [0.29, 0.717) is 5.39 Å². The molecule has 0 unspecified atom stereocenters. The van der Waals surface area contributed by atoms with Crippen LogP contribution >= 0.6 is 11.6 Å². The highest BCUT2D eigenvalue weighted by Gasteiger charge is 2.18. The third-order valence-electron chi connectivity index (χ3n) is 3.56. The Kier molecular flexibility index (Phi) is 4.81.